The van der Waals surface area contributed by atoms with E-state index in [1.165, 1.54) is 0 Å². The Morgan fingerprint density at radius 2 is 1.41 bits per heavy atom. The fourth-order valence-corrected chi connectivity index (χ4v) is 2.92. The van der Waals surface area contributed by atoms with E-state index in [1.807, 2.05) is 12.1 Å². The van der Waals surface area contributed by atoms with Crippen LogP contribution in [0, 0.1) is 5.92 Å². The highest BCUT2D eigenvalue weighted by Crippen LogP contribution is 2.43. The molecule has 0 radical (unpaired) electrons. The minimum atomic E-state index is -0.495. The molecule has 1 aromatic carbocycles. The molecule has 1 aliphatic carbocycles. The molecule has 3 heteroatoms. The molecule has 1 saturated carbocycles. The molecule has 0 aromatic heterocycles. The van der Waals surface area contributed by atoms with Gasteiger partial charge in [0.05, 0.1) is 12.1 Å². The Morgan fingerprint density at radius 1 is 1.00 bits per heavy atom. The van der Waals surface area contributed by atoms with Crippen LogP contribution in [0.5, 0.6) is 5.75 Å². The number of nitrogens with two attached hydrogens (primary N) is 1. The van der Waals surface area contributed by atoms with Crippen molar-refractivity contribution >= 4 is 0 Å². The van der Waals surface area contributed by atoms with E-state index in [-0.39, 0.29) is 10.8 Å². The maximum absolute atomic E-state index is 10.7. The summed E-state index contributed by atoms with van der Waals surface area (Å²) in [5.74, 6) is 0.692. The largest absolute Gasteiger partial charge is 0.507 e. The van der Waals surface area contributed by atoms with Crippen molar-refractivity contribution in [1.82, 2.24) is 0 Å². The van der Waals surface area contributed by atoms with E-state index in [9.17, 15) is 10.2 Å². The summed E-state index contributed by atoms with van der Waals surface area (Å²) in [6, 6.07) is 3.55. The maximum Gasteiger partial charge on any atom is 0.123 e. The van der Waals surface area contributed by atoms with Gasteiger partial charge in [0.15, 0.2) is 0 Å². The van der Waals surface area contributed by atoms with Crippen LogP contribution in [0.25, 0.3) is 0 Å². The number of aromatic hydroxyl groups is 1. The first-order valence-corrected chi connectivity index (χ1v) is 8.24. The molecule has 0 unspecified atom stereocenters. The highest BCUT2D eigenvalue weighted by Gasteiger charge is 2.35. The lowest BCUT2D eigenvalue weighted by Gasteiger charge is -2.30. The Labute approximate surface area is 134 Å². The van der Waals surface area contributed by atoms with E-state index in [2.05, 4.69) is 41.5 Å². The summed E-state index contributed by atoms with van der Waals surface area (Å²) in [4.78, 5) is 0. The van der Waals surface area contributed by atoms with Crippen LogP contribution in [0.1, 0.15) is 77.1 Å². The van der Waals surface area contributed by atoms with Gasteiger partial charge in [-0.1, -0.05) is 41.5 Å². The third kappa shape index (κ3) is 3.47. The van der Waals surface area contributed by atoms with Crippen LogP contribution in [0.3, 0.4) is 0 Å². The van der Waals surface area contributed by atoms with Crippen LogP contribution in [-0.2, 0) is 10.8 Å². The average molecular weight is 305 g/mol. The summed E-state index contributed by atoms with van der Waals surface area (Å²) in [6.45, 7) is 12.5. The number of phenols is 1. The summed E-state index contributed by atoms with van der Waals surface area (Å²) in [7, 11) is 0. The van der Waals surface area contributed by atoms with E-state index in [0.29, 0.717) is 11.7 Å². The van der Waals surface area contributed by atoms with Crippen LogP contribution in [0.2, 0.25) is 0 Å². The van der Waals surface area contributed by atoms with Gasteiger partial charge in [-0.05, 0) is 58.4 Å². The van der Waals surface area contributed by atoms with Crippen LogP contribution in [-0.4, -0.2) is 16.3 Å². The molecule has 3 nitrogen and oxygen atoms in total. The van der Waals surface area contributed by atoms with Gasteiger partial charge in [0.1, 0.15) is 5.75 Å². The Morgan fingerprint density at radius 3 is 1.73 bits per heavy atom. The summed E-state index contributed by atoms with van der Waals surface area (Å²) in [5.41, 5.74) is 8.69. The Kier molecular flexibility index (Phi) is 4.35. The number of hydrogen-bond acceptors (Lipinski definition) is 3. The summed E-state index contributed by atoms with van der Waals surface area (Å²) >= 11 is 0. The first-order valence-electron chi connectivity index (χ1n) is 8.24. The Balaban J connectivity index is 2.54. The topological polar surface area (TPSA) is 66.5 Å². The van der Waals surface area contributed by atoms with E-state index in [4.69, 9.17) is 5.73 Å². The third-order valence-electron chi connectivity index (χ3n) is 4.61. The fourth-order valence-electron chi connectivity index (χ4n) is 2.92. The number of rotatable bonds is 3. The van der Waals surface area contributed by atoms with Crippen LogP contribution in [0.4, 0.5) is 0 Å². The van der Waals surface area contributed by atoms with Crippen molar-refractivity contribution in [2.24, 2.45) is 11.7 Å². The monoisotopic (exact) mass is 305 g/mol. The van der Waals surface area contributed by atoms with Crippen molar-refractivity contribution in [2.45, 2.75) is 77.4 Å². The molecule has 0 bridgehead atoms. The predicted octanol–water partition coefficient (Wildman–Crippen LogP) is 3.76. The van der Waals surface area contributed by atoms with Gasteiger partial charge < -0.3 is 15.9 Å². The van der Waals surface area contributed by atoms with Crippen LogP contribution < -0.4 is 5.73 Å². The number of benzene rings is 1. The van der Waals surface area contributed by atoms with Crippen LogP contribution >= 0.6 is 0 Å². The van der Waals surface area contributed by atoms with E-state index >= 15 is 0 Å². The van der Waals surface area contributed by atoms with Crippen molar-refractivity contribution in [3.63, 3.8) is 0 Å². The number of aliphatic hydroxyl groups excluding tert-OH is 1. The highest BCUT2D eigenvalue weighted by molar-refractivity contribution is 5.50. The van der Waals surface area contributed by atoms with Gasteiger partial charge >= 0.3 is 0 Å². The summed E-state index contributed by atoms with van der Waals surface area (Å²) < 4.78 is 0. The zero-order chi connectivity index (χ0) is 16.9. The maximum atomic E-state index is 10.7. The van der Waals surface area contributed by atoms with Crippen molar-refractivity contribution in [3.8, 4) is 5.75 Å². The first kappa shape index (κ1) is 17.3. The molecule has 1 aliphatic rings. The lowest BCUT2D eigenvalue weighted by atomic mass is 9.77. The molecule has 22 heavy (non-hydrogen) atoms. The smallest absolute Gasteiger partial charge is 0.123 e. The van der Waals surface area contributed by atoms with Gasteiger partial charge in [0, 0.05) is 0 Å². The molecule has 0 heterocycles. The van der Waals surface area contributed by atoms with Crippen molar-refractivity contribution in [2.75, 3.05) is 0 Å². The normalized spacial score (nSPS) is 19.1. The van der Waals surface area contributed by atoms with Crippen LogP contribution in [0.15, 0.2) is 12.1 Å². The molecular weight excluding hydrogens is 274 g/mol. The molecule has 0 saturated heterocycles. The second-order valence-electron chi connectivity index (χ2n) is 8.82. The van der Waals surface area contributed by atoms with E-state index in [0.717, 1.165) is 29.5 Å². The predicted molar refractivity (Wildman–Crippen MR) is 91.2 cm³/mol. The van der Waals surface area contributed by atoms with Gasteiger partial charge in [-0.15, -0.1) is 0 Å². The minimum absolute atomic E-state index is 0.176. The number of aliphatic hydroxyl groups is 1. The molecule has 124 valence electrons. The Hall–Kier alpha value is -1.06. The third-order valence-corrected chi connectivity index (χ3v) is 4.61. The van der Waals surface area contributed by atoms with Crippen molar-refractivity contribution in [3.05, 3.63) is 28.8 Å². The van der Waals surface area contributed by atoms with Gasteiger partial charge in [-0.3, -0.25) is 0 Å². The molecule has 0 spiro atoms. The van der Waals surface area contributed by atoms with Gasteiger partial charge in [-0.2, -0.15) is 0 Å². The van der Waals surface area contributed by atoms with E-state index < -0.39 is 12.1 Å². The second kappa shape index (κ2) is 5.54. The Bertz CT molecular complexity index is 513. The molecule has 0 aliphatic heterocycles. The van der Waals surface area contributed by atoms with Crippen molar-refractivity contribution in [1.29, 1.82) is 0 Å². The number of hydrogen-bond donors (Lipinski definition) is 3. The van der Waals surface area contributed by atoms with Gasteiger partial charge in [0.25, 0.3) is 0 Å². The number of phenolic OH excluding ortho intramolecular Hbond substituents is 1. The molecule has 4 N–H and O–H groups in total. The highest BCUT2D eigenvalue weighted by atomic mass is 16.3. The summed E-state index contributed by atoms with van der Waals surface area (Å²) in [6.07, 6.45) is 1.63. The molecular formula is C19H31NO2. The first-order chi connectivity index (χ1) is 9.93. The average Bonchev–Trinajstić information content (AvgIpc) is 3.18. The molecule has 2 atom stereocenters. The lowest BCUT2D eigenvalue weighted by molar-refractivity contribution is 0.122. The minimum Gasteiger partial charge on any atom is -0.507 e. The molecule has 1 aromatic rings. The quantitative estimate of drug-likeness (QED) is 0.796. The van der Waals surface area contributed by atoms with Gasteiger partial charge in [-0.25, -0.2) is 0 Å². The molecule has 1 fully saturated rings. The standard InChI is InChI=1S/C19H31NO2/c1-18(2,3)13-9-12(15(20)16(21)11-7-8-11)10-14(17(13)22)19(4,5)6/h9-11,15-16,21-22H,7-8,20H2,1-6H3/t15-,16+/m1/s1. The second-order valence-corrected chi connectivity index (χ2v) is 8.82. The van der Waals surface area contributed by atoms with Crippen molar-refractivity contribution < 1.29 is 10.2 Å². The van der Waals surface area contributed by atoms with E-state index in [1.54, 1.807) is 0 Å². The molecule has 2 rings (SSSR count). The lowest BCUT2D eigenvalue weighted by Crippen LogP contribution is -2.29. The fraction of sp³-hybridized carbons (Fsp3) is 0.684. The zero-order valence-electron chi connectivity index (χ0n) is 14.8. The van der Waals surface area contributed by atoms with Gasteiger partial charge in [0.2, 0.25) is 0 Å². The SMILES string of the molecule is CC(C)(C)c1cc([C@@H](N)[C@@H](O)C2CC2)cc(C(C)(C)C)c1O. The molecule has 0 amide bonds. The summed E-state index contributed by atoms with van der Waals surface area (Å²) in [5, 5.41) is 21.1. The zero-order valence-corrected chi connectivity index (χ0v) is 14.8.